The summed E-state index contributed by atoms with van der Waals surface area (Å²) in [4.78, 5) is 13.8. The Morgan fingerprint density at radius 3 is 2.61 bits per heavy atom. The van der Waals surface area contributed by atoms with Crippen LogP contribution in [0.2, 0.25) is 0 Å². The molecule has 0 bridgehead atoms. The summed E-state index contributed by atoms with van der Waals surface area (Å²) in [5.74, 6) is 0.251. The summed E-state index contributed by atoms with van der Waals surface area (Å²) in [5.41, 5.74) is 0. The predicted molar refractivity (Wildman–Crippen MR) is 67.2 cm³/mol. The van der Waals surface area contributed by atoms with Crippen molar-refractivity contribution in [2.75, 3.05) is 31.8 Å². The van der Waals surface area contributed by atoms with Crippen molar-refractivity contribution < 1.29 is 17.9 Å². The summed E-state index contributed by atoms with van der Waals surface area (Å²) in [6, 6.07) is -0.0823. The number of urea groups is 1. The number of amides is 2. The molecule has 18 heavy (non-hydrogen) atoms. The smallest absolute Gasteiger partial charge is 0.317 e. The van der Waals surface area contributed by atoms with Gasteiger partial charge in [-0.1, -0.05) is 0 Å². The SMILES string of the molecule is COCCN(C(=O)N[C@@H]1CCS(=O)(=O)C1)C1CC1. The van der Waals surface area contributed by atoms with Crippen LogP contribution in [0.15, 0.2) is 0 Å². The highest BCUT2D eigenvalue weighted by Gasteiger charge is 2.35. The quantitative estimate of drug-likeness (QED) is 0.766. The predicted octanol–water partition coefficient (Wildman–Crippen LogP) is -0.00610. The number of methoxy groups -OCH3 is 1. The normalized spacial score (nSPS) is 25.9. The summed E-state index contributed by atoms with van der Waals surface area (Å²) < 4.78 is 27.6. The van der Waals surface area contributed by atoms with Gasteiger partial charge in [0.05, 0.1) is 18.1 Å². The fraction of sp³-hybridized carbons (Fsp3) is 0.909. The second-order valence-corrected chi connectivity index (χ2v) is 7.20. The van der Waals surface area contributed by atoms with Crippen LogP contribution in [-0.2, 0) is 14.6 Å². The Balaban J connectivity index is 1.85. The van der Waals surface area contributed by atoms with E-state index in [1.807, 2.05) is 0 Å². The molecule has 1 saturated carbocycles. The summed E-state index contributed by atoms with van der Waals surface area (Å²) in [6.07, 6.45) is 2.58. The van der Waals surface area contributed by atoms with Crippen molar-refractivity contribution in [1.29, 1.82) is 0 Å². The lowest BCUT2D eigenvalue weighted by molar-refractivity contribution is 0.145. The van der Waals surface area contributed by atoms with Gasteiger partial charge < -0.3 is 15.0 Å². The van der Waals surface area contributed by atoms with Gasteiger partial charge in [0.15, 0.2) is 9.84 Å². The zero-order valence-corrected chi connectivity index (χ0v) is 11.4. The molecule has 2 fully saturated rings. The lowest BCUT2D eigenvalue weighted by Crippen LogP contribution is -2.47. The molecule has 6 nitrogen and oxygen atoms in total. The number of rotatable bonds is 5. The summed E-state index contributed by atoms with van der Waals surface area (Å²) in [7, 11) is -1.34. The fourth-order valence-corrected chi connectivity index (χ4v) is 3.87. The monoisotopic (exact) mass is 276 g/mol. The van der Waals surface area contributed by atoms with Crippen LogP contribution in [-0.4, -0.2) is 63.2 Å². The lowest BCUT2D eigenvalue weighted by Gasteiger charge is -2.24. The summed E-state index contributed by atoms with van der Waals surface area (Å²) in [5, 5.41) is 2.82. The molecule has 0 aromatic heterocycles. The van der Waals surface area contributed by atoms with Crippen molar-refractivity contribution >= 4 is 15.9 Å². The molecule has 2 amide bonds. The minimum atomic E-state index is -2.95. The molecule has 1 aliphatic heterocycles. The van der Waals surface area contributed by atoms with Gasteiger partial charge in [-0.3, -0.25) is 0 Å². The largest absolute Gasteiger partial charge is 0.383 e. The highest BCUT2D eigenvalue weighted by molar-refractivity contribution is 7.91. The molecule has 104 valence electrons. The van der Waals surface area contributed by atoms with E-state index in [4.69, 9.17) is 4.74 Å². The van der Waals surface area contributed by atoms with Gasteiger partial charge in [-0.25, -0.2) is 13.2 Å². The molecular weight excluding hydrogens is 256 g/mol. The fourth-order valence-electron chi connectivity index (χ4n) is 2.19. The van der Waals surface area contributed by atoms with E-state index in [0.29, 0.717) is 25.6 Å². The Labute approximate surface area is 108 Å². The first kappa shape index (κ1) is 13.6. The zero-order chi connectivity index (χ0) is 13.2. The number of sulfone groups is 1. The van der Waals surface area contributed by atoms with Crippen LogP contribution in [0.4, 0.5) is 4.79 Å². The molecule has 0 unspecified atom stereocenters. The second-order valence-electron chi connectivity index (χ2n) is 4.97. The highest BCUT2D eigenvalue weighted by Crippen LogP contribution is 2.26. The van der Waals surface area contributed by atoms with Gasteiger partial charge in [0.25, 0.3) is 0 Å². The third-order valence-corrected chi connectivity index (χ3v) is 5.11. The summed E-state index contributed by atoms with van der Waals surface area (Å²) in [6.45, 7) is 1.07. The molecule has 0 radical (unpaired) electrons. The minimum Gasteiger partial charge on any atom is -0.383 e. The minimum absolute atomic E-state index is 0.0710. The van der Waals surface area contributed by atoms with E-state index >= 15 is 0 Å². The van der Waals surface area contributed by atoms with Crippen LogP contribution in [0.5, 0.6) is 0 Å². The van der Waals surface area contributed by atoms with E-state index in [1.54, 1.807) is 12.0 Å². The van der Waals surface area contributed by atoms with E-state index in [2.05, 4.69) is 5.32 Å². The molecule has 7 heteroatoms. The number of nitrogens with zero attached hydrogens (tertiary/aromatic N) is 1. The Morgan fingerprint density at radius 1 is 1.39 bits per heavy atom. The number of carbonyl (C=O) groups excluding carboxylic acids is 1. The van der Waals surface area contributed by atoms with Crippen LogP contribution < -0.4 is 5.32 Å². The van der Waals surface area contributed by atoms with Crippen LogP contribution in [0.25, 0.3) is 0 Å². The number of ether oxygens (including phenoxy) is 1. The molecule has 1 saturated heterocycles. The van der Waals surface area contributed by atoms with Gasteiger partial charge in [0, 0.05) is 25.7 Å². The van der Waals surface area contributed by atoms with Gasteiger partial charge in [-0.05, 0) is 19.3 Å². The van der Waals surface area contributed by atoms with Crippen molar-refractivity contribution in [3.63, 3.8) is 0 Å². The molecule has 2 rings (SSSR count). The first-order chi connectivity index (χ1) is 8.52. The topological polar surface area (TPSA) is 75.7 Å². The first-order valence-corrected chi connectivity index (χ1v) is 8.10. The highest BCUT2D eigenvalue weighted by atomic mass is 32.2. The molecule has 0 aromatic rings. The van der Waals surface area contributed by atoms with Gasteiger partial charge in [-0.2, -0.15) is 0 Å². The first-order valence-electron chi connectivity index (χ1n) is 6.28. The van der Waals surface area contributed by atoms with Crippen LogP contribution in [0.1, 0.15) is 19.3 Å². The summed E-state index contributed by atoms with van der Waals surface area (Å²) >= 11 is 0. The number of nitrogens with one attached hydrogen (secondary N) is 1. The maximum atomic E-state index is 12.1. The Kier molecular flexibility index (Phi) is 4.11. The Bertz CT molecular complexity index is 405. The van der Waals surface area contributed by atoms with E-state index in [1.165, 1.54) is 0 Å². The van der Waals surface area contributed by atoms with E-state index in [0.717, 1.165) is 12.8 Å². The Hall–Kier alpha value is -0.820. The van der Waals surface area contributed by atoms with Crippen LogP contribution >= 0.6 is 0 Å². The molecule has 1 N–H and O–H groups in total. The van der Waals surface area contributed by atoms with E-state index in [-0.39, 0.29) is 23.6 Å². The van der Waals surface area contributed by atoms with Crippen molar-refractivity contribution in [3.8, 4) is 0 Å². The van der Waals surface area contributed by atoms with E-state index in [9.17, 15) is 13.2 Å². The standard InChI is InChI=1S/C11H20N2O4S/c1-17-6-5-13(10-2-3-10)11(14)12-9-4-7-18(15,16)8-9/h9-10H,2-8H2,1H3,(H,12,14)/t9-/m1/s1. The third-order valence-electron chi connectivity index (χ3n) is 3.34. The van der Waals surface area contributed by atoms with Gasteiger partial charge in [0.2, 0.25) is 0 Å². The Morgan fingerprint density at radius 2 is 2.11 bits per heavy atom. The lowest BCUT2D eigenvalue weighted by atomic mass is 10.3. The van der Waals surface area contributed by atoms with Crippen LogP contribution in [0.3, 0.4) is 0 Å². The maximum absolute atomic E-state index is 12.1. The van der Waals surface area contributed by atoms with Crippen molar-refractivity contribution in [2.24, 2.45) is 0 Å². The zero-order valence-electron chi connectivity index (χ0n) is 10.6. The number of carbonyl (C=O) groups is 1. The molecule has 0 aromatic carbocycles. The van der Waals surface area contributed by atoms with Gasteiger partial charge in [-0.15, -0.1) is 0 Å². The molecular formula is C11H20N2O4S. The van der Waals surface area contributed by atoms with Gasteiger partial charge >= 0.3 is 6.03 Å². The molecule has 0 spiro atoms. The van der Waals surface area contributed by atoms with Crippen molar-refractivity contribution in [1.82, 2.24) is 10.2 Å². The molecule has 1 aliphatic carbocycles. The molecule has 1 heterocycles. The third kappa shape index (κ3) is 3.58. The average Bonchev–Trinajstić information content (AvgIpc) is 3.05. The number of hydrogen-bond acceptors (Lipinski definition) is 4. The van der Waals surface area contributed by atoms with Crippen molar-refractivity contribution in [3.05, 3.63) is 0 Å². The van der Waals surface area contributed by atoms with Crippen molar-refractivity contribution in [2.45, 2.75) is 31.3 Å². The second kappa shape index (κ2) is 5.44. The maximum Gasteiger partial charge on any atom is 0.317 e. The number of hydrogen-bond donors (Lipinski definition) is 1. The average molecular weight is 276 g/mol. The van der Waals surface area contributed by atoms with Crippen LogP contribution in [0, 0.1) is 0 Å². The molecule has 2 aliphatic rings. The molecule has 1 atom stereocenters. The van der Waals surface area contributed by atoms with Gasteiger partial charge in [0.1, 0.15) is 0 Å². The van der Waals surface area contributed by atoms with E-state index < -0.39 is 9.84 Å².